The van der Waals surface area contributed by atoms with E-state index in [1.807, 2.05) is 13.8 Å². The molecule has 5 heteroatoms. The number of aliphatic hydroxyl groups is 3. The Morgan fingerprint density at radius 3 is 2.32 bits per heavy atom. The molecular weight excluding hydrogens is 428 g/mol. The minimum Gasteiger partial charge on any atom is -0.478 e. The predicted molar refractivity (Wildman–Crippen MR) is 133 cm³/mol. The van der Waals surface area contributed by atoms with Gasteiger partial charge in [0.15, 0.2) is 0 Å². The molecule has 4 aliphatic carbocycles. The molecule has 0 amide bonds. The summed E-state index contributed by atoms with van der Waals surface area (Å²) in [5.74, 6) is -0.375. The van der Waals surface area contributed by atoms with Gasteiger partial charge in [0.2, 0.25) is 0 Å². The van der Waals surface area contributed by atoms with Gasteiger partial charge in [0.1, 0.15) is 0 Å². The van der Waals surface area contributed by atoms with E-state index >= 15 is 0 Å². The van der Waals surface area contributed by atoms with Gasteiger partial charge in [-0.25, -0.2) is 4.79 Å². The molecule has 4 rings (SSSR count). The second-order valence-electron chi connectivity index (χ2n) is 13.1. The molecule has 4 aliphatic rings. The van der Waals surface area contributed by atoms with Crippen molar-refractivity contribution in [1.82, 2.24) is 0 Å². The SMILES string of the molecule is CC(C)=CCC/C(C(=O)O)=C1/C(O)CC2(C)C1CC(O)C1C3(C)CCC(O)C(C)C3CCC12C. The van der Waals surface area contributed by atoms with Crippen LogP contribution in [0.3, 0.4) is 0 Å². The fraction of sp³-hybridized carbons (Fsp3) is 0.828. The summed E-state index contributed by atoms with van der Waals surface area (Å²) in [5, 5.41) is 43.8. The summed E-state index contributed by atoms with van der Waals surface area (Å²) in [6, 6.07) is 0. The highest BCUT2D eigenvalue weighted by Crippen LogP contribution is 2.74. The Hall–Kier alpha value is -1.17. The molecule has 10 atom stereocenters. The minimum atomic E-state index is -0.937. The average Bonchev–Trinajstić information content (AvgIpc) is 2.99. The van der Waals surface area contributed by atoms with Crippen LogP contribution >= 0.6 is 0 Å². The molecule has 0 aromatic rings. The number of carboxylic acid groups (broad SMARTS) is 1. The van der Waals surface area contributed by atoms with Gasteiger partial charge in [0.05, 0.1) is 18.3 Å². The zero-order valence-corrected chi connectivity index (χ0v) is 22.0. The van der Waals surface area contributed by atoms with Crippen LogP contribution in [0.15, 0.2) is 22.8 Å². The van der Waals surface area contributed by atoms with E-state index in [0.717, 1.165) is 31.3 Å². The highest BCUT2D eigenvalue weighted by Gasteiger charge is 2.70. The predicted octanol–water partition coefficient (Wildman–Crippen LogP) is 5.10. The van der Waals surface area contributed by atoms with Gasteiger partial charge in [0.25, 0.3) is 0 Å². The first-order valence-electron chi connectivity index (χ1n) is 13.4. The first kappa shape index (κ1) is 25.9. The number of carbonyl (C=O) groups is 1. The third kappa shape index (κ3) is 3.64. The van der Waals surface area contributed by atoms with Crippen molar-refractivity contribution in [2.24, 2.45) is 39.9 Å². The Labute approximate surface area is 205 Å². The molecule has 0 aromatic heterocycles. The number of rotatable bonds is 4. The number of fused-ring (bicyclic) bond motifs is 5. The third-order valence-electron chi connectivity index (χ3n) is 11.3. The normalized spacial score (nSPS) is 49.5. The summed E-state index contributed by atoms with van der Waals surface area (Å²) in [5.41, 5.74) is 1.66. The average molecular weight is 475 g/mol. The summed E-state index contributed by atoms with van der Waals surface area (Å²) in [6.07, 6.45) is 6.25. The molecule has 4 fully saturated rings. The molecule has 0 saturated heterocycles. The van der Waals surface area contributed by atoms with Crippen LogP contribution in [0.5, 0.6) is 0 Å². The van der Waals surface area contributed by atoms with E-state index in [1.165, 1.54) is 0 Å². The van der Waals surface area contributed by atoms with E-state index in [-0.39, 0.29) is 40.1 Å². The lowest BCUT2D eigenvalue weighted by atomic mass is 9.36. The highest BCUT2D eigenvalue weighted by atomic mass is 16.4. The van der Waals surface area contributed by atoms with E-state index in [2.05, 4.69) is 33.8 Å². The van der Waals surface area contributed by atoms with Gasteiger partial charge in [-0.3, -0.25) is 0 Å². The first-order chi connectivity index (χ1) is 15.8. The van der Waals surface area contributed by atoms with Gasteiger partial charge in [-0.15, -0.1) is 0 Å². The Balaban J connectivity index is 1.76. The number of carboxylic acids is 1. The van der Waals surface area contributed by atoms with Crippen LogP contribution in [-0.4, -0.2) is 44.7 Å². The number of hydrogen-bond acceptors (Lipinski definition) is 4. The van der Waals surface area contributed by atoms with Crippen LogP contribution in [0.25, 0.3) is 0 Å². The van der Waals surface area contributed by atoms with Gasteiger partial charge in [-0.2, -0.15) is 0 Å². The molecule has 0 aliphatic heterocycles. The number of hydrogen-bond donors (Lipinski definition) is 4. The molecule has 10 unspecified atom stereocenters. The molecule has 0 heterocycles. The summed E-state index contributed by atoms with van der Waals surface area (Å²) in [6.45, 7) is 13.1. The summed E-state index contributed by atoms with van der Waals surface area (Å²) in [7, 11) is 0. The third-order valence-corrected chi connectivity index (χ3v) is 11.3. The van der Waals surface area contributed by atoms with Crippen molar-refractivity contribution in [2.45, 2.75) is 111 Å². The van der Waals surface area contributed by atoms with Crippen LogP contribution in [0.2, 0.25) is 0 Å². The van der Waals surface area contributed by atoms with Crippen LogP contribution < -0.4 is 0 Å². The van der Waals surface area contributed by atoms with Gasteiger partial charge in [0, 0.05) is 5.57 Å². The molecule has 5 nitrogen and oxygen atoms in total. The van der Waals surface area contributed by atoms with E-state index in [1.54, 1.807) is 0 Å². The molecule has 0 aromatic carbocycles. The molecular formula is C29H46O5. The molecule has 192 valence electrons. The van der Waals surface area contributed by atoms with Crippen molar-refractivity contribution in [2.75, 3.05) is 0 Å². The van der Waals surface area contributed by atoms with Crippen molar-refractivity contribution in [3.05, 3.63) is 22.8 Å². The van der Waals surface area contributed by atoms with E-state index in [9.17, 15) is 25.2 Å². The first-order valence-corrected chi connectivity index (χ1v) is 13.4. The standard InChI is InChI=1S/C29H46O5/c1-16(2)8-7-9-18(26(33)34)24-20-14-22(31)25-27(4)12-11-21(30)17(3)19(27)10-13-28(25,5)29(20,6)15-23(24)32/h8,17,19-23,25,30-32H,7,9-15H2,1-6H3,(H,33,34)/b24-18-. The number of aliphatic hydroxyl groups excluding tert-OH is 3. The van der Waals surface area contributed by atoms with Crippen molar-refractivity contribution < 1.29 is 25.2 Å². The van der Waals surface area contributed by atoms with Crippen molar-refractivity contribution in [1.29, 1.82) is 0 Å². The van der Waals surface area contributed by atoms with Crippen LogP contribution in [0.4, 0.5) is 0 Å². The fourth-order valence-corrected chi connectivity index (χ4v) is 9.51. The Kier molecular flexibility index (Phi) is 6.66. The van der Waals surface area contributed by atoms with E-state index in [4.69, 9.17) is 0 Å². The summed E-state index contributed by atoms with van der Waals surface area (Å²) in [4.78, 5) is 12.4. The molecule has 0 radical (unpaired) electrons. The van der Waals surface area contributed by atoms with Gasteiger partial charge < -0.3 is 20.4 Å². The van der Waals surface area contributed by atoms with Gasteiger partial charge in [-0.1, -0.05) is 39.3 Å². The maximum atomic E-state index is 12.4. The van der Waals surface area contributed by atoms with Crippen molar-refractivity contribution in [3.63, 3.8) is 0 Å². The van der Waals surface area contributed by atoms with Gasteiger partial charge >= 0.3 is 5.97 Å². The van der Waals surface area contributed by atoms with E-state index < -0.39 is 18.2 Å². The lowest BCUT2D eigenvalue weighted by molar-refractivity contribution is -0.233. The maximum absolute atomic E-state index is 12.4. The monoisotopic (exact) mass is 474 g/mol. The van der Waals surface area contributed by atoms with Crippen molar-refractivity contribution >= 4 is 5.97 Å². The van der Waals surface area contributed by atoms with Crippen molar-refractivity contribution in [3.8, 4) is 0 Å². The Bertz CT molecular complexity index is 887. The number of aliphatic carboxylic acids is 1. The summed E-state index contributed by atoms with van der Waals surface area (Å²) < 4.78 is 0. The quantitative estimate of drug-likeness (QED) is 0.336. The van der Waals surface area contributed by atoms with Crippen LogP contribution in [-0.2, 0) is 4.79 Å². The molecule has 4 saturated carbocycles. The second kappa shape index (κ2) is 8.74. The molecule has 34 heavy (non-hydrogen) atoms. The van der Waals surface area contributed by atoms with Gasteiger partial charge in [-0.05, 0) is 111 Å². The summed E-state index contributed by atoms with van der Waals surface area (Å²) >= 11 is 0. The fourth-order valence-electron chi connectivity index (χ4n) is 9.51. The highest BCUT2D eigenvalue weighted by molar-refractivity contribution is 5.88. The minimum absolute atomic E-state index is 0.0600. The van der Waals surface area contributed by atoms with Crippen LogP contribution in [0, 0.1) is 39.9 Å². The Morgan fingerprint density at radius 2 is 1.71 bits per heavy atom. The lowest BCUT2D eigenvalue weighted by Crippen LogP contribution is -2.65. The zero-order chi connectivity index (χ0) is 25.2. The second-order valence-corrected chi connectivity index (χ2v) is 13.1. The largest absolute Gasteiger partial charge is 0.478 e. The lowest BCUT2D eigenvalue weighted by Gasteiger charge is -2.69. The van der Waals surface area contributed by atoms with Crippen LogP contribution in [0.1, 0.15) is 92.9 Å². The zero-order valence-electron chi connectivity index (χ0n) is 22.0. The molecule has 0 bridgehead atoms. The number of allylic oxidation sites excluding steroid dienone is 2. The topological polar surface area (TPSA) is 98.0 Å². The Morgan fingerprint density at radius 1 is 1.03 bits per heavy atom. The molecule has 0 spiro atoms. The molecule has 4 N–H and O–H groups in total. The van der Waals surface area contributed by atoms with E-state index in [0.29, 0.717) is 42.7 Å². The smallest absolute Gasteiger partial charge is 0.331 e. The maximum Gasteiger partial charge on any atom is 0.331 e.